The van der Waals surface area contributed by atoms with Gasteiger partial charge < -0.3 is 10.4 Å². The smallest absolute Gasteiger partial charge is 0.325 e. The third kappa shape index (κ3) is 3.06. The Morgan fingerprint density at radius 1 is 1.24 bits per heavy atom. The number of hydrogen-bond donors (Lipinski definition) is 2. The first-order valence-corrected chi connectivity index (χ1v) is 5.45. The lowest BCUT2D eigenvalue weighted by atomic mass is 9.83. The molecule has 1 aromatic rings. The summed E-state index contributed by atoms with van der Waals surface area (Å²) in [6, 6.07) is 8.40. The average Bonchev–Trinajstić information content (AvgIpc) is 2.29. The number of carbonyl (C=O) groups excluding carboxylic acids is 1. The standard InChI is InChI=1S/C13H17NO3/c1-9(11(15)16)14-12(17)13(2,3)10-7-5-4-6-8-10/h4-9H,1-3H3,(H,14,17)(H,15,16)/t9-/m0/s1. The van der Waals surface area contributed by atoms with Crippen molar-refractivity contribution in [1.82, 2.24) is 5.32 Å². The molecule has 0 aromatic heterocycles. The number of amides is 1. The van der Waals surface area contributed by atoms with Gasteiger partial charge in [0.1, 0.15) is 6.04 Å². The highest BCUT2D eigenvalue weighted by atomic mass is 16.4. The largest absolute Gasteiger partial charge is 0.480 e. The molecule has 0 radical (unpaired) electrons. The van der Waals surface area contributed by atoms with E-state index in [2.05, 4.69) is 5.32 Å². The van der Waals surface area contributed by atoms with Crippen LogP contribution in [-0.4, -0.2) is 23.0 Å². The van der Waals surface area contributed by atoms with E-state index in [-0.39, 0.29) is 5.91 Å². The fraction of sp³-hybridized carbons (Fsp3) is 0.385. The van der Waals surface area contributed by atoms with Crippen LogP contribution in [0.3, 0.4) is 0 Å². The highest BCUT2D eigenvalue weighted by Crippen LogP contribution is 2.23. The molecule has 1 atom stereocenters. The molecule has 92 valence electrons. The van der Waals surface area contributed by atoms with E-state index >= 15 is 0 Å². The minimum atomic E-state index is -1.04. The quantitative estimate of drug-likeness (QED) is 0.832. The van der Waals surface area contributed by atoms with Gasteiger partial charge in [-0.05, 0) is 26.3 Å². The van der Waals surface area contributed by atoms with E-state index in [1.54, 1.807) is 13.8 Å². The van der Waals surface area contributed by atoms with Crippen LogP contribution in [0.15, 0.2) is 30.3 Å². The van der Waals surface area contributed by atoms with Gasteiger partial charge in [0.2, 0.25) is 5.91 Å². The van der Waals surface area contributed by atoms with Crippen LogP contribution in [-0.2, 0) is 15.0 Å². The SMILES string of the molecule is C[C@H](NC(=O)C(C)(C)c1ccccc1)C(=O)O. The number of nitrogens with one attached hydrogen (secondary N) is 1. The summed E-state index contributed by atoms with van der Waals surface area (Å²) < 4.78 is 0. The zero-order chi connectivity index (χ0) is 13.1. The third-order valence-corrected chi connectivity index (χ3v) is 2.78. The van der Waals surface area contributed by atoms with Gasteiger partial charge in [-0.2, -0.15) is 0 Å². The van der Waals surface area contributed by atoms with Crippen LogP contribution < -0.4 is 5.32 Å². The molecule has 1 aromatic carbocycles. The van der Waals surface area contributed by atoms with Gasteiger partial charge in [-0.25, -0.2) is 0 Å². The van der Waals surface area contributed by atoms with E-state index in [9.17, 15) is 9.59 Å². The van der Waals surface area contributed by atoms with E-state index < -0.39 is 17.4 Å². The summed E-state index contributed by atoms with van der Waals surface area (Å²) in [6.07, 6.45) is 0. The van der Waals surface area contributed by atoms with Gasteiger partial charge in [0, 0.05) is 0 Å². The molecule has 0 aliphatic carbocycles. The first-order valence-electron chi connectivity index (χ1n) is 5.45. The molecule has 1 rings (SSSR count). The lowest BCUT2D eigenvalue weighted by Gasteiger charge is -2.25. The summed E-state index contributed by atoms with van der Waals surface area (Å²) in [7, 11) is 0. The monoisotopic (exact) mass is 235 g/mol. The van der Waals surface area contributed by atoms with Crippen molar-refractivity contribution >= 4 is 11.9 Å². The fourth-order valence-electron chi connectivity index (χ4n) is 1.42. The topological polar surface area (TPSA) is 66.4 Å². The molecule has 0 spiro atoms. The van der Waals surface area contributed by atoms with E-state index in [4.69, 9.17) is 5.11 Å². The van der Waals surface area contributed by atoms with E-state index in [0.29, 0.717) is 0 Å². The minimum absolute atomic E-state index is 0.293. The summed E-state index contributed by atoms with van der Waals surface area (Å²) in [5.74, 6) is -1.33. The molecular weight excluding hydrogens is 218 g/mol. The van der Waals surface area contributed by atoms with Gasteiger partial charge in [-0.3, -0.25) is 9.59 Å². The minimum Gasteiger partial charge on any atom is -0.480 e. The van der Waals surface area contributed by atoms with Gasteiger partial charge in [-0.1, -0.05) is 30.3 Å². The predicted molar refractivity (Wildman–Crippen MR) is 64.7 cm³/mol. The zero-order valence-corrected chi connectivity index (χ0v) is 10.2. The normalized spacial score (nSPS) is 12.9. The molecule has 2 N–H and O–H groups in total. The van der Waals surface area contributed by atoms with Gasteiger partial charge >= 0.3 is 5.97 Å². The molecule has 0 unspecified atom stereocenters. The molecule has 0 bridgehead atoms. The van der Waals surface area contributed by atoms with Gasteiger partial charge in [0.25, 0.3) is 0 Å². The maximum Gasteiger partial charge on any atom is 0.325 e. The van der Waals surface area contributed by atoms with Gasteiger partial charge in [0.15, 0.2) is 0 Å². The molecule has 0 aliphatic rings. The van der Waals surface area contributed by atoms with Crippen molar-refractivity contribution in [3.05, 3.63) is 35.9 Å². The molecule has 0 fully saturated rings. The molecule has 0 saturated heterocycles. The molecular formula is C13H17NO3. The van der Waals surface area contributed by atoms with Crippen molar-refractivity contribution in [2.75, 3.05) is 0 Å². The zero-order valence-electron chi connectivity index (χ0n) is 10.2. The summed E-state index contributed by atoms with van der Waals surface area (Å²) in [5, 5.41) is 11.2. The molecule has 0 saturated carbocycles. The molecule has 4 nitrogen and oxygen atoms in total. The second-order valence-corrected chi connectivity index (χ2v) is 4.52. The molecule has 1 amide bonds. The van der Waals surface area contributed by atoms with Gasteiger partial charge in [-0.15, -0.1) is 0 Å². The maximum absolute atomic E-state index is 12.0. The number of hydrogen-bond acceptors (Lipinski definition) is 2. The maximum atomic E-state index is 12.0. The summed E-state index contributed by atoms with van der Waals surface area (Å²) in [6.45, 7) is 4.99. The van der Waals surface area contributed by atoms with Crippen molar-refractivity contribution in [3.8, 4) is 0 Å². The van der Waals surface area contributed by atoms with Crippen LogP contribution in [0.2, 0.25) is 0 Å². The highest BCUT2D eigenvalue weighted by Gasteiger charge is 2.31. The van der Waals surface area contributed by atoms with E-state index in [0.717, 1.165) is 5.56 Å². The number of rotatable bonds is 4. The van der Waals surface area contributed by atoms with Crippen molar-refractivity contribution in [2.24, 2.45) is 0 Å². The number of aliphatic carboxylic acids is 1. The van der Waals surface area contributed by atoms with Crippen LogP contribution in [0.25, 0.3) is 0 Å². The van der Waals surface area contributed by atoms with Crippen LogP contribution in [0.1, 0.15) is 26.3 Å². The lowest BCUT2D eigenvalue weighted by molar-refractivity contribution is -0.142. The van der Waals surface area contributed by atoms with Crippen molar-refractivity contribution in [2.45, 2.75) is 32.2 Å². The summed E-state index contributed by atoms with van der Waals surface area (Å²) in [5.41, 5.74) is 0.111. The summed E-state index contributed by atoms with van der Waals surface area (Å²) in [4.78, 5) is 22.7. The molecule has 4 heteroatoms. The molecule has 0 heterocycles. The fourth-order valence-corrected chi connectivity index (χ4v) is 1.42. The van der Waals surface area contributed by atoms with E-state index in [1.165, 1.54) is 6.92 Å². The van der Waals surface area contributed by atoms with Crippen molar-refractivity contribution in [3.63, 3.8) is 0 Å². The Kier molecular flexibility index (Phi) is 3.89. The first kappa shape index (κ1) is 13.2. The van der Waals surface area contributed by atoms with Crippen molar-refractivity contribution < 1.29 is 14.7 Å². The number of benzene rings is 1. The Morgan fingerprint density at radius 3 is 2.24 bits per heavy atom. The highest BCUT2D eigenvalue weighted by molar-refractivity contribution is 5.90. The number of carboxylic acid groups (broad SMARTS) is 1. The summed E-state index contributed by atoms with van der Waals surface area (Å²) >= 11 is 0. The van der Waals surface area contributed by atoms with Gasteiger partial charge in [0.05, 0.1) is 5.41 Å². The second-order valence-electron chi connectivity index (χ2n) is 4.52. The Labute approximate surface area is 101 Å². The lowest BCUT2D eigenvalue weighted by Crippen LogP contribution is -2.46. The molecule has 17 heavy (non-hydrogen) atoms. The van der Waals surface area contributed by atoms with Crippen LogP contribution in [0.5, 0.6) is 0 Å². The Morgan fingerprint density at radius 2 is 1.76 bits per heavy atom. The molecule has 0 aliphatic heterocycles. The van der Waals surface area contributed by atoms with Crippen LogP contribution in [0.4, 0.5) is 0 Å². The van der Waals surface area contributed by atoms with Crippen LogP contribution in [0, 0.1) is 0 Å². The second kappa shape index (κ2) is 4.99. The number of carboxylic acids is 1. The van der Waals surface area contributed by atoms with Crippen LogP contribution >= 0.6 is 0 Å². The Balaban J connectivity index is 2.84. The van der Waals surface area contributed by atoms with Crippen molar-refractivity contribution in [1.29, 1.82) is 0 Å². The third-order valence-electron chi connectivity index (χ3n) is 2.78. The van der Waals surface area contributed by atoms with E-state index in [1.807, 2.05) is 30.3 Å². The average molecular weight is 235 g/mol. The predicted octanol–water partition coefficient (Wildman–Crippen LogP) is 1.55. The Hall–Kier alpha value is -1.84. The number of carbonyl (C=O) groups is 2. The first-order chi connectivity index (χ1) is 7.85. The Bertz CT molecular complexity index is 412.